The molecule has 0 aliphatic heterocycles. The van der Waals surface area contributed by atoms with Gasteiger partial charge in [0.15, 0.2) is 0 Å². The van der Waals surface area contributed by atoms with Crippen LogP contribution in [0.25, 0.3) is 0 Å². The van der Waals surface area contributed by atoms with Crippen LogP contribution in [-0.2, 0) is 11.2 Å². The van der Waals surface area contributed by atoms with Crippen molar-refractivity contribution in [3.8, 4) is 0 Å². The highest BCUT2D eigenvalue weighted by Crippen LogP contribution is 2.20. The molecule has 0 saturated heterocycles. The number of benzene rings is 1. The van der Waals surface area contributed by atoms with Crippen LogP contribution in [0.15, 0.2) is 12.1 Å². The van der Waals surface area contributed by atoms with Gasteiger partial charge in [-0.15, -0.1) is 0 Å². The molecule has 1 N–H and O–H groups in total. The van der Waals surface area contributed by atoms with Crippen LogP contribution in [-0.4, -0.2) is 25.8 Å². The lowest BCUT2D eigenvalue weighted by Gasteiger charge is -2.22. The molecule has 0 aliphatic rings. The van der Waals surface area contributed by atoms with Gasteiger partial charge >= 0.3 is 0 Å². The van der Waals surface area contributed by atoms with E-state index in [9.17, 15) is 0 Å². The van der Waals surface area contributed by atoms with Gasteiger partial charge in [-0.25, -0.2) is 0 Å². The van der Waals surface area contributed by atoms with Gasteiger partial charge in [-0.2, -0.15) is 0 Å². The molecule has 21 heavy (non-hydrogen) atoms. The van der Waals surface area contributed by atoms with Gasteiger partial charge in [0.05, 0.1) is 6.10 Å². The predicted molar refractivity (Wildman–Crippen MR) is 92.1 cm³/mol. The zero-order valence-corrected chi connectivity index (χ0v) is 14.8. The maximum absolute atomic E-state index is 5.39. The van der Waals surface area contributed by atoms with Gasteiger partial charge in [-0.1, -0.05) is 24.6 Å². The molecule has 2 unspecified atom stereocenters. The molecule has 2 heteroatoms. The third-order valence-electron chi connectivity index (χ3n) is 4.30. The molecule has 0 radical (unpaired) electrons. The third kappa shape index (κ3) is 6.19. The van der Waals surface area contributed by atoms with E-state index in [2.05, 4.69) is 52.1 Å². The van der Waals surface area contributed by atoms with Crippen molar-refractivity contribution in [1.29, 1.82) is 0 Å². The standard InChI is InChI=1S/C19H33NO/c1-7-10-20-18(9-8-17(5)21-6)13-19-15(3)11-14(2)12-16(19)4/h11-12,17-18,20H,7-10,13H2,1-6H3. The Labute approximate surface area is 131 Å². The first-order valence-electron chi connectivity index (χ1n) is 8.30. The largest absolute Gasteiger partial charge is 0.382 e. The fraction of sp³-hybridized carbons (Fsp3) is 0.684. The Bertz CT molecular complexity index is 405. The Kier molecular flexibility index (Phi) is 7.98. The van der Waals surface area contributed by atoms with Crippen LogP contribution in [0, 0.1) is 20.8 Å². The van der Waals surface area contributed by atoms with Crippen molar-refractivity contribution in [2.75, 3.05) is 13.7 Å². The monoisotopic (exact) mass is 291 g/mol. The average Bonchev–Trinajstić information content (AvgIpc) is 2.44. The maximum Gasteiger partial charge on any atom is 0.0543 e. The molecule has 0 fully saturated rings. The molecule has 0 bridgehead atoms. The summed E-state index contributed by atoms with van der Waals surface area (Å²) in [6.45, 7) is 12.1. The van der Waals surface area contributed by atoms with E-state index >= 15 is 0 Å². The summed E-state index contributed by atoms with van der Waals surface area (Å²) in [6, 6.07) is 5.15. The molecule has 1 rings (SSSR count). The first kappa shape index (κ1) is 18.2. The van der Waals surface area contributed by atoms with Gasteiger partial charge in [0.1, 0.15) is 0 Å². The molecule has 120 valence electrons. The summed E-state index contributed by atoms with van der Waals surface area (Å²) in [7, 11) is 1.80. The maximum atomic E-state index is 5.39. The Morgan fingerprint density at radius 3 is 2.24 bits per heavy atom. The van der Waals surface area contributed by atoms with Crippen molar-refractivity contribution in [2.45, 2.75) is 72.4 Å². The number of rotatable bonds is 9. The zero-order valence-electron chi connectivity index (χ0n) is 14.8. The minimum absolute atomic E-state index is 0.344. The molecule has 2 nitrogen and oxygen atoms in total. The van der Waals surface area contributed by atoms with E-state index in [1.807, 2.05) is 0 Å². The highest BCUT2D eigenvalue weighted by Gasteiger charge is 2.14. The number of methoxy groups -OCH3 is 1. The molecule has 1 aromatic rings. The lowest BCUT2D eigenvalue weighted by atomic mass is 9.92. The fourth-order valence-electron chi connectivity index (χ4n) is 2.96. The highest BCUT2D eigenvalue weighted by atomic mass is 16.5. The second-order valence-electron chi connectivity index (χ2n) is 6.36. The minimum atomic E-state index is 0.344. The summed E-state index contributed by atoms with van der Waals surface area (Å²) in [5.41, 5.74) is 5.73. The molecule has 0 aromatic heterocycles. The summed E-state index contributed by atoms with van der Waals surface area (Å²) in [6.07, 6.45) is 4.93. The minimum Gasteiger partial charge on any atom is -0.382 e. The van der Waals surface area contributed by atoms with Crippen molar-refractivity contribution in [3.05, 3.63) is 34.4 Å². The Balaban J connectivity index is 2.75. The van der Waals surface area contributed by atoms with Crippen LogP contribution in [0.3, 0.4) is 0 Å². The molecule has 0 spiro atoms. The lowest BCUT2D eigenvalue weighted by molar-refractivity contribution is 0.106. The van der Waals surface area contributed by atoms with Gasteiger partial charge in [0.25, 0.3) is 0 Å². The van der Waals surface area contributed by atoms with E-state index in [-0.39, 0.29) is 0 Å². The SMILES string of the molecule is CCCNC(CCC(C)OC)Cc1c(C)cc(C)cc1C. The molecule has 1 aromatic carbocycles. The normalized spacial score (nSPS) is 14.2. The fourth-order valence-corrected chi connectivity index (χ4v) is 2.96. The van der Waals surface area contributed by atoms with Crippen LogP contribution in [0.4, 0.5) is 0 Å². The Morgan fingerprint density at radius 2 is 1.71 bits per heavy atom. The molecular formula is C19H33NO. The van der Waals surface area contributed by atoms with Crippen LogP contribution in [0.5, 0.6) is 0 Å². The average molecular weight is 291 g/mol. The van der Waals surface area contributed by atoms with Crippen LogP contribution >= 0.6 is 0 Å². The zero-order chi connectivity index (χ0) is 15.8. The third-order valence-corrected chi connectivity index (χ3v) is 4.30. The number of hydrogen-bond donors (Lipinski definition) is 1. The number of aryl methyl sites for hydroxylation is 3. The Morgan fingerprint density at radius 1 is 1.10 bits per heavy atom. The molecule has 0 saturated carbocycles. The van der Waals surface area contributed by atoms with Crippen molar-refractivity contribution < 1.29 is 4.74 Å². The molecule has 0 heterocycles. The summed E-state index contributed by atoms with van der Waals surface area (Å²) in [4.78, 5) is 0. The van der Waals surface area contributed by atoms with E-state index < -0.39 is 0 Å². The first-order chi connectivity index (χ1) is 9.97. The molecule has 0 amide bonds. The van der Waals surface area contributed by atoms with Gasteiger partial charge < -0.3 is 10.1 Å². The van der Waals surface area contributed by atoms with Crippen molar-refractivity contribution in [1.82, 2.24) is 5.32 Å². The van der Waals surface area contributed by atoms with Crippen LogP contribution in [0.2, 0.25) is 0 Å². The van der Waals surface area contributed by atoms with Crippen molar-refractivity contribution >= 4 is 0 Å². The van der Waals surface area contributed by atoms with Gasteiger partial charge in [-0.05, 0) is 76.6 Å². The van der Waals surface area contributed by atoms with Crippen LogP contribution in [0.1, 0.15) is 55.4 Å². The smallest absolute Gasteiger partial charge is 0.0543 e. The second kappa shape index (κ2) is 9.22. The quantitative estimate of drug-likeness (QED) is 0.731. The van der Waals surface area contributed by atoms with Gasteiger partial charge in [0, 0.05) is 13.2 Å². The lowest BCUT2D eigenvalue weighted by Crippen LogP contribution is -2.33. The van der Waals surface area contributed by atoms with E-state index in [0.717, 1.165) is 19.4 Å². The topological polar surface area (TPSA) is 21.3 Å². The van der Waals surface area contributed by atoms with E-state index in [4.69, 9.17) is 4.74 Å². The Hall–Kier alpha value is -0.860. The van der Waals surface area contributed by atoms with Gasteiger partial charge in [0.2, 0.25) is 0 Å². The summed E-state index contributed by atoms with van der Waals surface area (Å²) in [5, 5.41) is 3.71. The number of ether oxygens (including phenoxy) is 1. The number of nitrogens with one attached hydrogen (secondary N) is 1. The molecule has 2 atom stereocenters. The van der Waals surface area contributed by atoms with E-state index in [1.165, 1.54) is 35.1 Å². The van der Waals surface area contributed by atoms with Crippen molar-refractivity contribution in [2.24, 2.45) is 0 Å². The first-order valence-corrected chi connectivity index (χ1v) is 8.30. The molecule has 0 aliphatic carbocycles. The molecular weight excluding hydrogens is 258 g/mol. The van der Waals surface area contributed by atoms with E-state index in [1.54, 1.807) is 7.11 Å². The van der Waals surface area contributed by atoms with Gasteiger partial charge in [-0.3, -0.25) is 0 Å². The van der Waals surface area contributed by atoms with Crippen LogP contribution < -0.4 is 5.32 Å². The summed E-state index contributed by atoms with van der Waals surface area (Å²) >= 11 is 0. The second-order valence-corrected chi connectivity index (χ2v) is 6.36. The highest BCUT2D eigenvalue weighted by molar-refractivity contribution is 5.38. The van der Waals surface area contributed by atoms with Crippen molar-refractivity contribution in [3.63, 3.8) is 0 Å². The van der Waals surface area contributed by atoms with E-state index in [0.29, 0.717) is 12.1 Å². The predicted octanol–water partition coefficient (Wildman–Crippen LogP) is 4.34. The summed E-state index contributed by atoms with van der Waals surface area (Å²) < 4.78 is 5.39. The summed E-state index contributed by atoms with van der Waals surface area (Å²) in [5.74, 6) is 0. The number of hydrogen-bond acceptors (Lipinski definition) is 2.